The molecule has 624 valence electrons. The molecule has 5 aliphatic rings. The molecule has 0 atom stereocenters. The minimum absolute atomic E-state index is 0.156. The van der Waals surface area contributed by atoms with Crippen LogP contribution in [0.3, 0.4) is 0 Å². The van der Waals surface area contributed by atoms with Crippen LogP contribution in [0.1, 0.15) is 375 Å². The molecule has 0 saturated heterocycles. The van der Waals surface area contributed by atoms with Gasteiger partial charge in [-0.25, -0.2) is 0 Å². The van der Waals surface area contributed by atoms with Gasteiger partial charge in [0.2, 0.25) is 50.2 Å². The van der Waals surface area contributed by atoms with Crippen molar-refractivity contribution in [3.8, 4) is 69.0 Å². The quantitative estimate of drug-likeness (QED) is 0.0339. The first-order chi connectivity index (χ1) is 57.5. The highest BCUT2D eigenvalue weighted by molar-refractivity contribution is 5.73. The second kappa shape index (κ2) is 46.5. The van der Waals surface area contributed by atoms with Crippen molar-refractivity contribution in [3.05, 3.63) is 212 Å². The molecular weight excluding hydrogens is 1440 g/mol. The van der Waals surface area contributed by atoms with E-state index in [9.17, 15) is 0 Å². The fraction of sp³-hybridized carbons (Fsp3) is 0.538. The highest BCUT2D eigenvalue weighted by Crippen LogP contribution is 2.63. The Morgan fingerprint density at radius 3 is 0.526 bits per heavy atom. The molecule has 0 spiro atoms. The molecule has 12 nitrogen and oxygen atoms in total. The molecule has 0 radical (unpaired) electrons. The van der Waals surface area contributed by atoms with Crippen molar-refractivity contribution in [2.45, 2.75) is 335 Å². The maximum Gasteiger partial charge on any atom is 0.231 e. The van der Waals surface area contributed by atoms with Crippen molar-refractivity contribution in [2.24, 2.45) is 0 Å². The largest absolute Gasteiger partial charge is 0.482 e. The lowest BCUT2D eigenvalue weighted by atomic mass is 9.75. The number of rotatable bonds is 52. The van der Waals surface area contributed by atoms with Gasteiger partial charge in [-0.1, -0.05) is 380 Å². The van der Waals surface area contributed by atoms with E-state index < -0.39 is 0 Å². The zero-order valence-electron chi connectivity index (χ0n) is 71.0. The minimum Gasteiger partial charge on any atom is -0.482 e. The Labute approximate surface area is 696 Å². The normalized spacial score (nSPS) is 16.0. The summed E-state index contributed by atoms with van der Waals surface area (Å²) < 4.78 is 89.3. The van der Waals surface area contributed by atoms with Gasteiger partial charge >= 0.3 is 0 Å². The molecule has 0 N–H and O–H groups in total. The van der Waals surface area contributed by atoms with Gasteiger partial charge in [0.25, 0.3) is 0 Å². The van der Waals surface area contributed by atoms with E-state index in [4.69, 9.17) is 56.8 Å². The summed E-state index contributed by atoms with van der Waals surface area (Å²) in [6.07, 6.45) is 46.1. The number of unbranched alkanes of at least 4 members (excludes halogenated alkanes) is 32. The third-order valence-corrected chi connectivity index (χ3v) is 24.9. The molecule has 0 amide bonds. The van der Waals surface area contributed by atoms with Gasteiger partial charge in [0.05, 0.1) is 0 Å². The molecule has 8 aromatic rings. The van der Waals surface area contributed by atoms with Crippen molar-refractivity contribution in [2.75, 3.05) is 27.2 Å². The number of ether oxygens (including phenoxy) is 12. The van der Waals surface area contributed by atoms with E-state index in [1.54, 1.807) is 0 Å². The standard InChI is InChI=1S/C104H136O12/c1-5-9-13-17-21-25-29-33-49-61-81-85-65-87-82(62-50-34-30-26-22-18-14-10-6-2)89-67-91-84(64-52-36-32-28-24-20-16-12-8-4)92-68-90-83(63-51-35-31-27-23-19-15-11-7-3)88-66-86(81)94-102(106-70-78-55-43-38-44-56-78)96(88)112-75-114-98(90)104(108-72-80-59-47-40-48-60-80)100(92)116-76-115-99(91)103(107-71-79-57-45-39-46-58-79)97(89)113-74-111-95(87)101(93(85)109-73-110-94)105-69-77-53-41-37-42-54-77/h37-48,53-60,65-68,81-84H,5-36,49-52,61-64,69-76H2,1-4H3. The predicted octanol–water partition coefficient (Wildman–Crippen LogP) is 29.4. The zero-order valence-corrected chi connectivity index (χ0v) is 71.0. The van der Waals surface area contributed by atoms with Crippen LogP contribution in [0, 0.1) is 0 Å². The number of hydrogen-bond donors (Lipinski definition) is 0. The van der Waals surface area contributed by atoms with Gasteiger partial charge in [0.15, 0.2) is 46.0 Å². The SMILES string of the molecule is CCCCCCCCCCCC1c2cc3c4c(OCc5ccccc5)c2OCOc2c1cc1c(c2OCc2ccccc2)OCOc2c(cc5c(c2OCc2ccccc2)OCOc2c(cc(c(c2OCc2ccccc2)OCO4)C3CCCCCCCCCCC)C5CCCCCCCCCCC)C1CCCCCCCCCCC. The predicted molar refractivity (Wildman–Crippen MR) is 468 cm³/mol. The molecular formula is C104H136O12. The van der Waals surface area contributed by atoms with Crippen LogP contribution in [-0.2, 0) is 26.4 Å². The summed E-state index contributed by atoms with van der Waals surface area (Å²) in [7, 11) is 0. The average Bonchev–Trinajstić information content (AvgIpc) is 0.720. The first-order valence-electron chi connectivity index (χ1n) is 46.1. The Morgan fingerprint density at radius 2 is 0.362 bits per heavy atom. The maximum atomic E-state index is 7.53. The van der Waals surface area contributed by atoms with Gasteiger partial charge in [-0.05, 0) is 72.2 Å². The Morgan fingerprint density at radius 1 is 0.207 bits per heavy atom. The van der Waals surface area contributed by atoms with Crippen LogP contribution in [0.25, 0.3) is 0 Å². The van der Waals surface area contributed by atoms with E-state index in [0.717, 1.165) is 169 Å². The first-order valence-corrected chi connectivity index (χ1v) is 46.1. The summed E-state index contributed by atoms with van der Waals surface area (Å²) in [6, 6.07) is 52.0. The molecule has 0 unspecified atom stereocenters. The molecule has 116 heavy (non-hydrogen) atoms. The third kappa shape index (κ3) is 23.0. The van der Waals surface area contributed by atoms with Gasteiger partial charge in [0.1, 0.15) is 26.4 Å². The molecule has 1 aliphatic carbocycles. The molecule has 8 bridgehead atoms. The second-order valence-electron chi connectivity index (χ2n) is 33.6. The molecule has 13 rings (SSSR count). The lowest BCUT2D eigenvalue weighted by molar-refractivity contribution is 0.0811. The van der Waals surface area contributed by atoms with Gasteiger partial charge in [0, 0.05) is 68.2 Å². The molecule has 0 fully saturated rings. The fourth-order valence-corrected chi connectivity index (χ4v) is 18.5. The average molecular weight is 1580 g/mol. The van der Waals surface area contributed by atoms with E-state index in [1.165, 1.54) is 154 Å². The Hall–Kier alpha value is -8.64. The van der Waals surface area contributed by atoms with Crippen LogP contribution in [0.5, 0.6) is 69.0 Å². The molecule has 8 aromatic carbocycles. The zero-order chi connectivity index (χ0) is 79.6. The second-order valence-corrected chi connectivity index (χ2v) is 33.6. The highest BCUT2D eigenvalue weighted by atomic mass is 16.7. The number of benzene rings is 8. The van der Waals surface area contributed by atoms with Gasteiger partial charge in [-0.15, -0.1) is 0 Å². The van der Waals surface area contributed by atoms with Crippen LogP contribution in [0.4, 0.5) is 0 Å². The van der Waals surface area contributed by atoms with Gasteiger partial charge < -0.3 is 56.8 Å². The molecule has 12 heteroatoms. The van der Waals surface area contributed by atoms with Crippen LogP contribution in [0.15, 0.2) is 146 Å². The van der Waals surface area contributed by atoms with E-state index >= 15 is 0 Å². The third-order valence-electron chi connectivity index (χ3n) is 24.9. The summed E-state index contributed by atoms with van der Waals surface area (Å²) in [5.41, 5.74) is 12.4. The van der Waals surface area contributed by atoms with Crippen molar-refractivity contribution in [1.82, 2.24) is 0 Å². The highest BCUT2D eigenvalue weighted by Gasteiger charge is 2.43. The lowest BCUT2D eigenvalue weighted by Gasteiger charge is -2.37. The van der Waals surface area contributed by atoms with Crippen LogP contribution < -0.4 is 56.8 Å². The summed E-state index contributed by atoms with van der Waals surface area (Å²) >= 11 is 0. The maximum absolute atomic E-state index is 7.53. The van der Waals surface area contributed by atoms with Gasteiger partial charge in [-0.2, -0.15) is 0 Å². The molecule has 0 saturated carbocycles. The Bertz CT molecular complexity index is 3560. The van der Waals surface area contributed by atoms with Crippen molar-refractivity contribution < 1.29 is 56.8 Å². The number of hydrogen-bond acceptors (Lipinski definition) is 12. The molecule has 4 aliphatic heterocycles. The molecule has 4 heterocycles. The Balaban J connectivity index is 1.10. The van der Waals surface area contributed by atoms with E-state index in [0.29, 0.717) is 69.0 Å². The monoisotopic (exact) mass is 1580 g/mol. The minimum atomic E-state index is -0.311. The fourth-order valence-electron chi connectivity index (χ4n) is 18.5. The van der Waals surface area contributed by atoms with Crippen molar-refractivity contribution in [1.29, 1.82) is 0 Å². The molecule has 0 aromatic heterocycles. The van der Waals surface area contributed by atoms with E-state index in [2.05, 4.69) is 173 Å². The van der Waals surface area contributed by atoms with E-state index in [1.807, 2.05) is 0 Å². The van der Waals surface area contributed by atoms with Crippen LogP contribution >= 0.6 is 0 Å². The summed E-state index contributed by atoms with van der Waals surface area (Å²) in [5.74, 6) is 5.89. The van der Waals surface area contributed by atoms with E-state index in [-0.39, 0.29) is 77.3 Å². The first kappa shape index (κ1) is 85.2. The summed E-state index contributed by atoms with van der Waals surface area (Å²) in [6.45, 7) is 9.67. The van der Waals surface area contributed by atoms with Crippen LogP contribution in [0.2, 0.25) is 0 Å². The van der Waals surface area contributed by atoms with Crippen molar-refractivity contribution in [3.63, 3.8) is 0 Å². The Kier molecular flexibility index (Phi) is 34.2. The van der Waals surface area contributed by atoms with Crippen molar-refractivity contribution >= 4 is 0 Å². The lowest BCUT2D eigenvalue weighted by Crippen LogP contribution is -2.24. The smallest absolute Gasteiger partial charge is 0.231 e. The summed E-state index contributed by atoms with van der Waals surface area (Å²) in [5, 5.41) is 0. The topological polar surface area (TPSA) is 111 Å². The van der Waals surface area contributed by atoms with Crippen LogP contribution in [-0.4, -0.2) is 27.2 Å². The van der Waals surface area contributed by atoms with Gasteiger partial charge in [-0.3, -0.25) is 0 Å². The summed E-state index contributed by atoms with van der Waals surface area (Å²) in [4.78, 5) is 0.